The molecule has 2 aromatic rings. The molecule has 74 valence electrons. The first kappa shape index (κ1) is 9.21. The quantitative estimate of drug-likeness (QED) is 0.750. The van der Waals surface area contributed by atoms with Gasteiger partial charge in [0.1, 0.15) is 11.8 Å². The predicted octanol–water partition coefficient (Wildman–Crippen LogP) is 1.14. The van der Waals surface area contributed by atoms with Gasteiger partial charge in [0.05, 0.1) is 11.1 Å². The smallest absolute Gasteiger partial charge is 0.335 e. The molecule has 1 N–H and O–H groups in total. The number of aromatic nitrogens is 2. The maximum atomic E-state index is 10.7. The molecule has 1 aromatic heterocycles. The average molecular weight is 201 g/mol. The van der Waals surface area contributed by atoms with Crippen molar-refractivity contribution in [3.63, 3.8) is 0 Å². The van der Waals surface area contributed by atoms with Crippen LogP contribution in [-0.4, -0.2) is 20.9 Å². The Kier molecular flexibility index (Phi) is 1.90. The first-order valence-electron chi connectivity index (χ1n) is 4.23. The van der Waals surface area contributed by atoms with E-state index in [1.165, 1.54) is 16.8 Å². The summed E-state index contributed by atoms with van der Waals surface area (Å²) in [6.45, 7) is 0. The molecule has 0 saturated carbocycles. The van der Waals surface area contributed by atoms with E-state index >= 15 is 0 Å². The topological polar surface area (TPSA) is 78.9 Å². The highest BCUT2D eigenvalue weighted by atomic mass is 16.4. The minimum Gasteiger partial charge on any atom is -0.478 e. The van der Waals surface area contributed by atoms with Gasteiger partial charge in [0, 0.05) is 12.4 Å². The monoisotopic (exact) mass is 201 g/mol. The van der Waals surface area contributed by atoms with Gasteiger partial charge in [-0.2, -0.15) is 10.4 Å². The minimum atomic E-state index is -0.999. The zero-order valence-corrected chi connectivity index (χ0v) is 7.93. The molecule has 1 aromatic carbocycles. The molecule has 2 rings (SSSR count). The number of aromatic carboxylic acids is 1. The van der Waals surface area contributed by atoms with Crippen LogP contribution in [0.2, 0.25) is 0 Å². The second kappa shape index (κ2) is 3.10. The molecule has 0 aliphatic carbocycles. The predicted molar refractivity (Wildman–Crippen MR) is 52.4 cm³/mol. The summed E-state index contributed by atoms with van der Waals surface area (Å²) in [5.41, 5.74) is 1.13. The Bertz CT molecular complexity index is 592. The van der Waals surface area contributed by atoms with Crippen molar-refractivity contribution >= 4 is 16.9 Å². The van der Waals surface area contributed by atoms with E-state index in [1.54, 1.807) is 13.1 Å². The maximum Gasteiger partial charge on any atom is 0.335 e. The summed E-state index contributed by atoms with van der Waals surface area (Å²) in [6.07, 6.45) is 0. The first-order chi connectivity index (χ1) is 7.13. The van der Waals surface area contributed by atoms with Gasteiger partial charge in [-0.1, -0.05) is 0 Å². The molecule has 0 spiro atoms. The molecule has 5 heteroatoms. The van der Waals surface area contributed by atoms with Crippen molar-refractivity contribution in [3.8, 4) is 6.07 Å². The molecule has 0 fully saturated rings. The molecule has 0 unspecified atom stereocenters. The van der Waals surface area contributed by atoms with Crippen molar-refractivity contribution in [2.24, 2.45) is 7.05 Å². The van der Waals surface area contributed by atoms with Crippen LogP contribution < -0.4 is 0 Å². The van der Waals surface area contributed by atoms with Crippen LogP contribution >= 0.6 is 0 Å². The number of benzene rings is 1. The largest absolute Gasteiger partial charge is 0.478 e. The lowest BCUT2D eigenvalue weighted by atomic mass is 10.1. The lowest BCUT2D eigenvalue weighted by Gasteiger charge is -1.92. The van der Waals surface area contributed by atoms with Crippen molar-refractivity contribution in [2.75, 3.05) is 0 Å². The minimum absolute atomic E-state index is 0.171. The lowest BCUT2D eigenvalue weighted by Crippen LogP contribution is -1.94. The van der Waals surface area contributed by atoms with Gasteiger partial charge in [-0.15, -0.1) is 0 Å². The van der Waals surface area contributed by atoms with Gasteiger partial charge in [-0.25, -0.2) is 4.79 Å². The maximum absolute atomic E-state index is 10.7. The lowest BCUT2D eigenvalue weighted by molar-refractivity contribution is 0.0697. The van der Waals surface area contributed by atoms with Crippen molar-refractivity contribution < 1.29 is 9.90 Å². The van der Waals surface area contributed by atoms with E-state index in [-0.39, 0.29) is 5.56 Å². The summed E-state index contributed by atoms with van der Waals surface area (Å²) >= 11 is 0. The highest BCUT2D eigenvalue weighted by Gasteiger charge is 2.10. The number of fused-ring (bicyclic) bond motifs is 1. The molecule has 15 heavy (non-hydrogen) atoms. The Morgan fingerprint density at radius 3 is 2.93 bits per heavy atom. The second-order valence-electron chi connectivity index (χ2n) is 3.12. The van der Waals surface area contributed by atoms with Gasteiger partial charge in [0.15, 0.2) is 0 Å². The van der Waals surface area contributed by atoms with Crippen molar-refractivity contribution in [2.45, 2.75) is 0 Å². The van der Waals surface area contributed by atoms with Gasteiger partial charge in [-0.3, -0.25) is 4.68 Å². The van der Waals surface area contributed by atoms with E-state index in [2.05, 4.69) is 5.10 Å². The van der Waals surface area contributed by atoms with Gasteiger partial charge in [-0.05, 0) is 18.2 Å². The van der Waals surface area contributed by atoms with Crippen LogP contribution in [0.3, 0.4) is 0 Å². The fraction of sp³-hybridized carbons (Fsp3) is 0.100. The zero-order valence-electron chi connectivity index (χ0n) is 7.93. The van der Waals surface area contributed by atoms with Gasteiger partial charge in [0.2, 0.25) is 0 Å². The van der Waals surface area contributed by atoms with Crippen LogP contribution in [0.5, 0.6) is 0 Å². The van der Waals surface area contributed by atoms with Gasteiger partial charge < -0.3 is 5.11 Å². The molecule has 0 radical (unpaired) electrons. The Balaban J connectivity index is 2.76. The van der Waals surface area contributed by atoms with Crippen LogP contribution in [-0.2, 0) is 7.05 Å². The fourth-order valence-electron chi connectivity index (χ4n) is 1.47. The van der Waals surface area contributed by atoms with Crippen molar-refractivity contribution in [3.05, 3.63) is 29.5 Å². The molecule has 5 nitrogen and oxygen atoms in total. The molecule has 0 bridgehead atoms. The number of hydrogen-bond donors (Lipinski definition) is 1. The summed E-state index contributed by atoms with van der Waals surface area (Å²) in [7, 11) is 1.65. The molecular weight excluding hydrogens is 194 g/mol. The Morgan fingerprint density at radius 1 is 1.60 bits per heavy atom. The second-order valence-corrected chi connectivity index (χ2v) is 3.12. The summed E-state index contributed by atoms with van der Waals surface area (Å²) in [6, 6.07) is 6.54. The van der Waals surface area contributed by atoms with Crippen LogP contribution in [0.4, 0.5) is 0 Å². The molecule has 0 aliphatic heterocycles. The standard InChI is InChI=1S/C10H7N3O2/c1-13-9(5-11)7-3-2-6(10(14)15)4-8(7)12-13/h2-4H,1H3,(H,14,15). The van der Waals surface area contributed by atoms with Crippen LogP contribution in [0.15, 0.2) is 18.2 Å². The van der Waals surface area contributed by atoms with E-state index < -0.39 is 5.97 Å². The number of carbonyl (C=O) groups is 1. The number of hydrogen-bond acceptors (Lipinski definition) is 3. The summed E-state index contributed by atoms with van der Waals surface area (Å²) in [5, 5.41) is 22.4. The number of rotatable bonds is 1. The van der Waals surface area contributed by atoms with Crippen LogP contribution in [0, 0.1) is 11.3 Å². The highest BCUT2D eigenvalue weighted by Crippen LogP contribution is 2.18. The highest BCUT2D eigenvalue weighted by molar-refractivity contribution is 5.94. The van der Waals surface area contributed by atoms with E-state index in [4.69, 9.17) is 10.4 Å². The molecule has 0 aliphatic rings. The Labute approximate surface area is 85.2 Å². The molecule has 0 atom stereocenters. The Hall–Kier alpha value is -2.35. The van der Waals surface area contributed by atoms with E-state index in [1.807, 2.05) is 6.07 Å². The van der Waals surface area contributed by atoms with Gasteiger partial charge in [0.25, 0.3) is 0 Å². The van der Waals surface area contributed by atoms with Crippen LogP contribution in [0.25, 0.3) is 10.9 Å². The number of carboxylic acids is 1. The normalized spacial score (nSPS) is 10.1. The fourth-order valence-corrected chi connectivity index (χ4v) is 1.47. The SMILES string of the molecule is Cn1nc2cc(C(=O)O)ccc2c1C#N. The molecule has 0 amide bonds. The third kappa shape index (κ3) is 1.32. The van der Waals surface area contributed by atoms with Crippen molar-refractivity contribution in [1.82, 2.24) is 9.78 Å². The average Bonchev–Trinajstić information content (AvgIpc) is 2.51. The van der Waals surface area contributed by atoms with Gasteiger partial charge >= 0.3 is 5.97 Å². The Morgan fingerprint density at radius 2 is 2.33 bits per heavy atom. The van der Waals surface area contributed by atoms with Crippen LogP contribution in [0.1, 0.15) is 16.1 Å². The summed E-state index contributed by atoms with van der Waals surface area (Å²) < 4.78 is 1.44. The third-order valence-corrected chi connectivity index (χ3v) is 2.19. The number of nitriles is 1. The number of aryl methyl sites for hydroxylation is 1. The third-order valence-electron chi connectivity index (χ3n) is 2.19. The first-order valence-corrected chi connectivity index (χ1v) is 4.23. The number of nitrogens with zero attached hydrogens (tertiary/aromatic N) is 3. The summed E-state index contributed by atoms with van der Waals surface area (Å²) in [4.78, 5) is 10.7. The molecule has 1 heterocycles. The number of carboxylic acid groups (broad SMARTS) is 1. The van der Waals surface area contributed by atoms with E-state index in [0.29, 0.717) is 16.6 Å². The van der Waals surface area contributed by atoms with E-state index in [9.17, 15) is 4.79 Å². The summed E-state index contributed by atoms with van der Waals surface area (Å²) in [5.74, 6) is -0.999. The van der Waals surface area contributed by atoms with E-state index in [0.717, 1.165) is 0 Å². The zero-order chi connectivity index (χ0) is 11.0. The van der Waals surface area contributed by atoms with Crippen molar-refractivity contribution in [1.29, 1.82) is 5.26 Å². The molecular formula is C10H7N3O2. The molecule has 0 saturated heterocycles.